The van der Waals surface area contributed by atoms with Crippen molar-refractivity contribution in [2.24, 2.45) is 0 Å². The van der Waals surface area contributed by atoms with Gasteiger partial charge in [0.1, 0.15) is 17.2 Å². The summed E-state index contributed by atoms with van der Waals surface area (Å²) in [4.78, 5) is 0. The molecule has 0 atom stereocenters. The number of aromatic hydroxyl groups is 3. The average molecular weight is 258 g/mol. The van der Waals surface area contributed by atoms with Gasteiger partial charge in [-0.15, -0.1) is 0 Å². The maximum absolute atomic E-state index is 9.90. The Morgan fingerprint density at radius 3 is 0.889 bits per heavy atom. The molecule has 1 rings (SSSR count). The number of aliphatic hydroxyl groups excluding tert-OH is 3. The van der Waals surface area contributed by atoms with Crippen LogP contribution in [0.15, 0.2) is 0 Å². The zero-order chi connectivity index (χ0) is 13.7. The zero-order valence-corrected chi connectivity index (χ0v) is 9.93. The number of hydrogen-bond acceptors (Lipinski definition) is 6. The summed E-state index contributed by atoms with van der Waals surface area (Å²) >= 11 is 0. The van der Waals surface area contributed by atoms with Crippen LogP contribution in [0.25, 0.3) is 0 Å². The van der Waals surface area contributed by atoms with E-state index in [1.807, 2.05) is 0 Å². The monoisotopic (exact) mass is 258 g/mol. The second-order valence-corrected chi connectivity index (χ2v) is 3.90. The Labute approximate surface area is 104 Å². The van der Waals surface area contributed by atoms with Crippen molar-refractivity contribution < 1.29 is 30.6 Å². The predicted octanol–water partition coefficient (Wildman–Crippen LogP) is -0.592. The van der Waals surface area contributed by atoms with Crippen molar-refractivity contribution in [2.45, 2.75) is 19.3 Å². The van der Waals surface area contributed by atoms with Gasteiger partial charge >= 0.3 is 0 Å². The highest BCUT2D eigenvalue weighted by atomic mass is 16.3. The van der Waals surface area contributed by atoms with Crippen LogP contribution in [0, 0.1) is 0 Å². The van der Waals surface area contributed by atoms with Crippen molar-refractivity contribution in [1.29, 1.82) is 0 Å². The lowest BCUT2D eigenvalue weighted by Gasteiger charge is -2.17. The van der Waals surface area contributed by atoms with Gasteiger partial charge in [0.15, 0.2) is 0 Å². The van der Waals surface area contributed by atoms with Crippen LogP contribution in [0.1, 0.15) is 16.7 Å². The summed E-state index contributed by atoms with van der Waals surface area (Å²) in [6.07, 6.45) is 0.0679. The first-order valence-corrected chi connectivity index (χ1v) is 5.68. The van der Waals surface area contributed by atoms with Gasteiger partial charge in [-0.25, -0.2) is 0 Å². The van der Waals surface area contributed by atoms with E-state index in [4.69, 9.17) is 15.3 Å². The number of aliphatic hydroxyl groups is 3. The van der Waals surface area contributed by atoms with E-state index < -0.39 is 0 Å². The molecule has 102 valence electrons. The third kappa shape index (κ3) is 2.66. The van der Waals surface area contributed by atoms with Gasteiger partial charge in [-0.1, -0.05) is 0 Å². The van der Waals surface area contributed by atoms with E-state index in [-0.39, 0.29) is 73.0 Å². The summed E-state index contributed by atoms with van der Waals surface area (Å²) in [6.45, 7) is -0.824. The Hall–Kier alpha value is -1.50. The van der Waals surface area contributed by atoms with E-state index in [1.54, 1.807) is 0 Å². The lowest BCUT2D eigenvalue weighted by atomic mass is 9.95. The summed E-state index contributed by atoms with van der Waals surface area (Å²) < 4.78 is 0. The van der Waals surface area contributed by atoms with E-state index >= 15 is 0 Å². The minimum Gasteiger partial charge on any atom is -0.507 e. The van der Waals surface area contributed by atoms with E-state index in [0.717, 1.165) is 0 Å². The number of benzene rings is 1. The summed E-state index contributed by atoms with van der Waals surface area (Å²) in [5, 5.41) is 56.4. The Bertz CT molecular complexity index is 333. The first-order chi connectivity index (χ1) is 8.58. The van der Waals surface area contributed by atoms with Crippen LogP contribution >= 0.6 is 0 Å². The lowest BCUT2D eigenvalue weighted by Crippen LogP contribution is -2.03. The van der Waals surface area contributed by atoms with Gasteiger partial charge in [-0.2, -0.15) is 0 Å². The molecule has 0 bridgehead atoms. The molecule has 0 aliphatic carbocycles. The standard InChI is InChI=1S/C12H18O6/c13-4-1-7-10(16)8(2-5-14)12(18)9(3-6-15)11(7)17/h13-18H,1-6H2. The minimum atomic E-state index is -0.324. The van der Waals surface area contributed by atoms with Gasteiger partial charge in [-0.05, 0) is 0 Å². The highest BCUT2D eigenvalue weighted by molar-refractivity contribution is 5.61. The van der Waals surface area contributed by atoms with Crippen LogP contribution in [0.2, 0.25) is 0 Å². The molecule has 6 nitrogen and oxygen atoms in total. The SMILES string of the molecule is OCCc1c(O)c(CCO)c(O)c(CCO)c1O. The average Bonchev–Trinajstić information content (AvgIpc) is 2.35. The minimum absolute atomic E-state index is 0.0226. The molecule has 0 spiro atoms. The molecule has 6 heteroatoms. The molecule has 18 heavy (non-hydrogen) atoms. The fourth-order valence-electron chi connectivity index (χ4n) is 1.93. The quantitative estimate of drug-likeness (QED) is 0.405. The second-order valence-electron chi connectivity index (χ2n) is 3.90. The summed E-state index contributed by atoms with van der Waals surface area (Å²) in [5.41, 5.74) is 0.339. The van der Waals surface area contributed by atoms with Crippen LogP contribution in [-0.4, -0.2) is 50.5 Å². The molecular weight excluding hydrogens is 240 g/mol. The van der Waals surface area contributed by atoms with Gasteiger partial charge in [0, 0.05) is 55.8 Å². The van der Waals surface area contributed by atoms with Crippen LogP contribution < -0.4 is 0 Å². The molecule has 0 saturated heterocycles. The Morgan fingerprint density at radius 1 is 0.500 bits per heavy atom. The van der Waals surface area contributed by atoms with Crippen molar-refractivity contribution in [3.63, 3.8) is 0 Å². The van der Waals surface area contributed by atoms with E-state index in [0.29, 0.717) is 0 Å². The Balaban J connectivity index is 3.42. The van der Waals surface area contributed by atoms with E-state index in [1.165, 1.54) is 0 Å². The van der Waals surface area contributed by atoms with Crippen molar-refractivity contribution in [1.82, 2.24) is 0 Å². The fourth-order valence-corrected chi connectivity index (χ4v) is 1.93. The van der Waals surface area contributed by atoms with E-state index in [9.17, 15) is 15.3 Å². The number of phenols is 3. The summed E-state index contributed by atoms with van der Waals surface area (Å²) in [6, 6.07) is 0. The highest BCUT2D eigenvalue weighted by Gasteiger charge is 2.22. The lowest BCUT2D eigenvalue weighted by molar-refractivity contribution is 0.283. The van der Waals surface area contributed by atoms with Gasteiger partial charge < -0.3 is 30.6 Å². The third-order valence-electron chi connectivity index (χ3n) is 2.80. The number of phenolic OH excluding ortho intramolecular Hbond substituents is 3. The molecule has 6 N–H and O–H groups in total. The molecule has 0 radical (unpaired) electrons. The van der Waals surface area contributed by atoms with Crippen molar-refractivity contribution >= 4 is 0 Å². The van der Waals surface area contributed by atoms with Crippen LogP contribution in [0.5, 0.6) is 17.2 Å². The van der Waals surface area contributed by atoms with Crippen LogP contribution in [0.3, 0.4) is 0 Å². The number of hydrogen-bond donors (Lipinski definition) is 6. The fraction of sp³-hybridized carbons (Fsp3) is 0.500. The molecule has 0 aromatic heterocycles. The van der Waals surface area contributed by atoms with Gasteiger partial charge in [-0.3, -0.25) is 0 Å². The normalized spacial score (nSPS) is 10.8. The van der Waals surface area contributed by atoms with Crippen molar-refractivity contribution in [3.8, 4) is 17.2 Å². The molecule has 0 fully saturated rings. The van der Waals surface area contributed by atoms with Crippen LogP contribution in [0.4, 0.5) is 0 Å². The maximum atomic E-state index is 9.90. The number of rotatable bonds is 6. The smallest absolute Gasteiger partial charge is 0.129 e. The Kier molecular flexibility index (Phi) is 5.21. The molecule has 0 unspecified atom stereocenters. The molecule has 0 saturated carbocycles. The molecule has 1 aromatic rings. The zero-order valence-electron chi connectivity index (χ0n) is 9.93. The van der Waals surface area contributed by atoms with Crippen LogP contribution in [-0.2, 0) is 19.3 Å². The molecule has 0 aliphatic heterocycles. The highest BCUT2D eigenvalue weighted by Crippen LogP contribution is 2.42. The van der Waals surface area contributed by atoms with Crippen molar-refractivity contribution in [2.75, 3.05) is 19.8 Å². The van der Waals surface area contributed by atoms with Crippen molar-refractivity contribution in [3.05, 3.63) is 16.7 Å². The summed E-state index contributed by atoms with van der Waals surface area (Å²) in [7, 11) is 0. The largest absolute Gasteiger partial charge is 0.507 e. The Morgan fingerprint density at radius 2 is 0.722 bits per heavy atom. The van der Waals surface area contributed by atoms with Gasteiger partial charge in [0.25, 0.3) is 0 Å². The first-order valence-electron chi connectivity index (χ1n) is 5.68. The molecule has 1 aromatic carbocycles. The predicted molar refractivity (Wildman–Crippen MR) is 63.8 cm³/mol. The molecular formula is C12H18O6. The molecule has 0 heterocycles. The molecule has 0 amide bonds. The third-order valence-corrected chi connectivity index (χ3v) is 2.80. The van der Waals surface area contributed by atoms with Gasteiger partial charge in [0.05, 0.1) is 0 Å². The first kappa shape index (κ1) is 14.6. The van der Waals surface area contributed by atoms with Gasteiger partial charge in [0.2, 0.25) is 0 Å². The topological polar surface area (TPSA) is 121 Å². The van der Waals surface area contributed by atoms with E-state index in [2.05, 4.69) is 0 Å². The second kappa shape index (κ2) is 6.44. The summed E-state index contributed by atoms with van der Waals surface area (Å²) in [5.74, 6) is -0.973. The molecule has 0 aliphatic rings. The maximum Gasteiger partial charge on any atom is 0.129 e.